The summed E-state index contributed by atoms with van der Waals surface area (Å²) in [5.74, 6) is 1.63. The van der Waals surface area contributed by atoms with Gasteiger partial charge in [-0.25, -0.2) is 0 Å². The molecule has 5 nitrogen and oxygen atoms in total. The molecule has 1 aromatic heterocycles. The number of pyridine rings is 1. The Hall–Kier alpha value is -2.14. The maximum Gasteiger partial charge on any atom is 0.193 e. The lowest BCUT2D eigenvalue weighted by molar-refractivity contribution is 0.157. The molecule has 2 heterocycles. The van der Waals surface area contributed by atoms with Gasteiger partial charge in [0.2, 0.25) is 0 Å². The van der Waals surface area contributed by atoms with Gasteiger partial charge in [-0.05, 0) is 31.4 Å². The van der Waals surface area contributed by atoms with Gasteiger partial charge in [-0.3, -0.25) is 9.98 Å². The van der Waals surface area contributed by atoms with E-state index in [4.69, 9.17) is 9.73 Å². The van der Waals surface area contributed by atoms with Gasteiger partial charge in [0.25, 0.3) is 0 Å². The van der Waals surface area contributed by atoms with Crippen molar-refractivity contribution < 1.29 is 4.74 Å². The van der Waals surface area contributed by atoms with Crippen LogP contribution in [0.4, 0.5) is 0 Å². The lowest BCUT2D eigenvalue weighted by Crippen LogP contribution is -2.40. The number of rotatable bonds is 6. The molecule has 2 aromatic rings. The van der Waals surface area contributed by atoms with E-state index in [1.807, 2.05) is 12.3 Å². The highest BCUT2D eigenvalue weighted by molar-refractivity contribution is 5.82. The monoisotopic (exact) mass is 340 g/mol. The predicted molar refractivity (Wildman–Crippen MR) is 103 cm³/mol. The number of para-hydroxylation sites is 1. The van der Waals surface area contributed by atoms with Crippen LogP contribution in [0.2, 0.25) is 0 Å². The number of hydrogen-bond donors (Lipinski definition) is 1. The number of guanidine groups is 1. The van der Waals surface area contributed by atoms with Crippen molar-refractivity contribution in [2.24, 2.45) is 10.9 Å². The third-order valence-electron chi connectivity index (χ3n) is 4.68. The Bertz CT molecular complexity index is 710. The Morgan fingerprint density at radius 2 is 2.24 bits per heavy atom. The summed E-state index contributed by atoms with van der Waals surface area (Å²) in [5, 5.41) is 4.62. The van der Waals surface area contributed by atoms with Gasteiger partial charge in [-0.1, -0.05) is 24.3 Å². The van der Waals surface area contributed by atoms with Crippen LogP contribution in [0.25, 0.3) is 10.9 Å². The van der Waals surface area contributed by atoms with Crippen LogP contribution < -0.4 is 5.32 Å². The highest BCUT2D eigenvalue weighted by atomic mass is 16.5. The minimum Gasteiger partial charge on any atom is -0.384 e. The standard InChI is InChI=1S/C20H28N4O/c1-3-21-20(24-13-10-16(14-24)15-25-2)23-12-9-18-7-4-6-17-8-5-11-22-19(17)18/h4-8,11,16H,3,9-10,12-15H2,1-2H3,(H,21,23). The average Bonchev–Trinajstić information content (AvgIpc) is 3.10. The number of aliphatic imine (C=N–C) groups is 1. The van der Waals surface area contributed by atoms with Crippen LogP contribution in [-0.2, 0) is 11.2 Å². The second-order valence-electron chi connectivity index (χ2n) is 6.53. The molecule has 3 rings (SSSR count). The van der Waals surface area contributed by atoms with E-state index in [2.05, 4.69) is 46.4 Å². The van der Waals surface area contributed by atoms with Crippen LogP contribution in [0.3, 0.4) is 0 Å². The van der Waals surface area contributed by atoms with Crippen molar-refractivity contribution in [1.82, 2.24) is 15.2 Å². The molecule has 0 spiro atoms. The van der Waals surface area contributed by atoms with Crippen LogP contribution in [0, 0.1) is 5.92 Å². The number of fused-ring (bicyclic) bond motifs is 1. The molecule has 1 atom stereocenters. The fourth-order valence-corrected chi connectivity index (χ4v) is 3.47. The Morgan fingerprint density at radius 1 is 1.36 bits per heavy atom. The van der Waals surface area contributed by atoms with Gasteiger partial charge in [-0.15, -0.1) is 0 Å². The fraction of sp³-hybridized carbons (Fsp3) is 0.500. The molecular weight excluding hydrogens is 312 g/mol. The number of methoxy groups -OCH3 is 1. The maximum atomic E-state index is 5.30. The third-order valence-corrected chi connectivity index (χ3v) is 4.68. The lowest BCUT2D eigenvalue weighted by Gasteiger charge is -2.21. The van der Waals surface area contributed by atoms with Crippen molar-refractivity contribution in [1.29, 1.82) is 0 Å². The Morgan fingerprint density at radius 3 is 3.08 bits per heavy atom. The number of ether oxygens (including phenoxy) is 1. The number of nitrogens with zero attached hydrogens (tertiary/aromatic N) is 3. The molecule has 0 bridgehead atoms. The largest absolute Gasteiger partial charge is 0.384 e. The van der Waals surface area contributed by atoms with Crippen LogP contribution in [0.5, 0.6) is 0 Å². The number of nitrogens with one attached hydrogen (secondary N) is 1. The zero-order chi connectivity index (χ0) is 17.5. The molecule has 1 N–H and O–H groups in total. The van der Waals surface area contributed by atoms with E-state index in [1.165, 1.54) is 17.4 Å². The minimum atomic E-state index is 0.608. The molecule has 1 saturated heterocycles. The molecule has 0 aliphatic carbocycles. The van der Waals surface area contributed by atoms with Gasteiger partial charge < -0.3 is 15.0 Å². The van der Waals surface area contributed by atoms with Gasteiger partial charge >= 0.3 is 0 Å². The number of likely N-dealkylation sites (tertiary alicyclic amines) is 1. The molecule has 0 radical (unpaired) electrons. The first-order valence-electron chi connectivity index (χ1n) is 9.16. The summed E-state index contributed by atoms with van der Waals surface area (Å²) in [6, 6.07) is 10.5. The molecule has 1 aliphatic rings. The summed E-state index contributed by atoms with van der Waals surface area (Å²) in [6.07, 6.45) is 3.93. The fourth-order valence-electron chi connectivity index (χ4n) is 3.47. The maximum absolute atomic E-state index is 5.30. The topological polar surface area (TPSA) is 49.8 Å². The first-order chi connectivity index (χ1) is 12.3. The Balaban J connectivity index is 1.65. The zero-order valence-electron chi connectivity index (χ0n) is 15.2. The predicted octanol–water partition coefficient (Wildman–Crippen LogP) is 2.71. The number of hydrogen-bond acceptors (Lipinski definition) is 3. The van der Waals surface area contributed by atoms with Crippen molar-refractivity contribution in [3.63, 3.8) is 0 Å². The first kappa shape index (κ1) is 17.7. The summed E-state index contributed by atoms with van der Waals surface area (Å²) in [4.78, 5) is 11.7. The molecule has 134 valence electrons. The number of aromatic nitrogens is 1. The second-order valence-corrected chi connectivity index (χ2v) is 6.53. The summed E-state index contributed by atoms with van der Waals surface area (Å²) in [7, 11) is 1.78. The quantitative estimate of drug-likeness (QED) is 0.649. The van der Waals surface area contributed by atoms with Crippen molar-refractivity contribution in [3.05, 3.63) is 42.1 Å². The molecule has 25 heavy (non-hydrogen) atoms. The van der Waals surface area contributed by atoms with Crippen LogP contribution >= 0.6 is 0 Å². The van der Waals surface area contributed by atoms with Crippen molar-refractivity contribution in [2.75, 3.05) is 39.9 Å². The van der Waals surface area contributed by atoms with Gasteiger partial charge in [0, 0.05) is 50.8 Å². The molecule has 1 aromatic carbocycles. The number of benzene rings is 1. The summed E-state index contributed by atoms with van der Waals surface area (Å²) >= 11 is 0. The average molecular weight is 340 g/mol. The van der Waals surface area contributed by atoms with E-state index < -0.39 is 0 Å². The molecule has 1 unspecified atom stereocenters. The van der Waals surface area contributed by atoms with E-state index in [9.17, 15) is 0 Å². The van der Waals surface area contributed by atoms with E-state index in [0.717, 1.165) is 50.7 Å². The van der Waals surface area contributed by atoms with Gasteiger partial charge in [0.05, 0.1) is 12.1 Å². The van der Waals surface area contributed by atoms with Gasteiger partial charge in [-0.2, -0.15) is 0 Å². The van der Waals surface area contributed by atoms with E-state index >= 15 is 0 Å². The second kappa shape index (κ2) is 8.81. The molecular formula is C20H28N4O. The van der Waals surface area contributed by atoms with Crippen LogP contribution in [0.15, 0.2) is 41.5 Å². The Labute approximate surface area is 150 Å². The lowest BCUT2D eigenvalue weighted by atomic mass is 10.1. The van der Waals surface area contributed by atoms with Crippen LogP contribution in [0.1, 0.15) is 18.9 Å². The van der Waals surface area contributed by atoms with Crippen molar-refractivity contribution >= 4 is 16.9 Å². The molecule has 1 aliphatic heterocycles. The molecule has 1 fully saturated rings. The van der Waals surface area contributed by atoms with Gasteiger partial charge in [0.15, 0.2) is 5.96 Å². The van der Waals surface area contributed by atoms with E-state index in [-0.39, 0.29) is 0 Å². The summed E-state index contributed by atoms with van der Waals surface area (Å²) < 4.78 is 5.30. The smallest absolute Gasteiger partial charge is 0.193 e. The van der Waals surface area contributed by atoms with E-state index in [0.29, 0.717) is 5.92 Å². The highest BCUT2D eigenvalue weighted by Crippen LogP contribution is 2.18. The zero-order valence-corrected chi connectivity index (χ0v) is 15.2. The normalized spacial score (nSPS) is 18.1. The Kier molecular flexibility index (Phi) is 6.23. The molecule has 0 amide bonds. The highest BCUT2D eigenvalue weighted by Gasteiger charge is 2.24. The third kappa shape index (κ3) is 4.48. The van der Waals surface area contributed by atoms with Crippen molar-refractivity contribution in [2.45, 2.75) is 19.8 Å². The first-order valence-corrected chi connectivity index (χ1v) is 9.16. The SMILES string of the molecule is CCNC(=NCCc1cccc2cccnc12)N1CCC(COC)C1. The minimum absolute atomic E-state index is 0.608. The van der Waals surface area contributed by atoms with Gasteiger partial charge in [0.1, 0.15) is 0 Å². The summed E-state index contributed by atoms with van der Waals surface area (Å²) in [5.41, 5.74) is 2.35. The van der Waals surface area contributed by atoms with Crippen molar-refractivity contribution in [3.8, 4) is 0 Å². The molecule has 0 saturated carbocycles. The van der Waals surface area contributed by atoms with E-state index in [1.54, 1.807) is 7.11 Å². The molecule has 5 heteroatoms. The van der Waals surface area contributed by atoms with Crippen LogP contribution in [-0.4, -0.2) is 55.7 Å². The summed E-state index contributed by atoms with van der Waals surface area (Å²) in [6.45, 7) is 6.68.